The molecule has 0 saturated carbocycles. The molecule has 0 bridgehead atoms. The average Bonchev–Trinajstić information content (AvgIpc) is 2.54. The molecule has 0 atom stereocenters. The Kier molecular flexibility index (Phi) is 6.63. The summed E-state index contributed by atoms with van der Waals surface area (Å²) in [6, 6.07) is 4.39. The number of urea groups is 2. The fraction of sp³-hybridized carbons (Fsp3) is 0.412. The zero-order chi connectivity index (χ0) is 19.7. The maximum Gasteiger partial charge on any atom is 4.00 e. The van der Waals surface area contributed by atoms with E-state index in [1.807, 2.05) is 0 Å². The summed E-state index contributed by atoms with van der Waals surface area (Å²) in [6.45, 7) is 5.61. The molecule has 0 fully saturated rings. The van der Waals surface area contributed by atoms with Crippen molar-refractivity contribution in [3.8, 4) is 0 Å². The van der Waals surface area contributed by atoms with Gasteiger partial charge in [-0.25, -0.2) is 0 Å². The van der Waals surface area contributed by atoms with Gasteiger partial charge in [0.2, 0.25) is 0 Å². The van der Waals surface area contributed by atoms with E-state index in [1.165, 1.54) is 46.9 Å². The van der Waals surface area contributed by atoms with Crippen molar-refractivity contribution in [3.63, 3.8) is 0 Å². The molecule has 0 aromatic heterocycles. The van der Waals surface area contributed by atoms with E-state index in [9.17, 15) is 19.2 Å². The van der Waals surface area contributed by atoms with Crippen molar-refractivity contribution in [2.45, 2.75) is 38.8 Å². The van der Waals surface area contributed by atoms with Crippen LogP contribution in [0, 0.1) is 0 Å². The summed E-state index contributed by atoms with van der Waals surface area (Å²) in [5.41, 5.74) is -2.69. The predicted octanol–water partition coefficient (Wildman–Crippen LogP) is 4.24. The second-order valence-electron chi connectivity index (χ2n) is 6.79. The molecule has 0 saturated heterocycles. The molecule has 6 amide bonds. The Hall–Kier alpha value is -2.58. The van der Waals surface area contributed by atoms with Crippen LogP contribution < -0.4 is 0 Å². The minimum atomic E-state index is -1.51. The van der Waals surface area contributed by atoms with Gasteiger partial charge in [-0.1, -0.05) is 59.0 Å². The van der Waals surface area contributed by atoms with Crippen LogP contribution in [0.15, 0.2) is 24.3 Å². The summed E-state index contributed by atoms with van der Waals surface area (Å²) in [5.74, 6) is -1.42. The molecule has 9 nitrogen and oxygen atoms in total. The van der Waals surface area contributed by atoms with Crippen molar-refractivity contribution < 1.29 is 36.2 Å². The second kappa shape index (κ2) is 7.97. The van der Waals surface area contributed by atoms with Crippen LogP contribution in [-0.4, -0.2) is 46.9 Å². The smallest absolute Gasteiger partial charge is 0.627 e. The molecular formula is C17H19FeN5O4. The van der Waals surface area contributed by atoms with E-state index in [4.69, 9.17) is 0 Å². The molecule has 10 heteroatoms. The third kappa shape index (κ3) is 4.99. The first kappa shape index (κ1) is 22.5. The van der Waals surface area contributed by atoms with Gasteiger partial charge in [-0.05, 0) is 0 Å². The third-order valence-corrected chi connectivity index (χ3v) is 3.70. The standard InChI is InChI=1S/C17H23N5O4.Fe/c1-16(2)12(23)18-10-8-6-7-9-11(10)19-13(24)17(3,4)21-15(26)22(5)14(25)20-16;/h6-9H,1-5H3,(H4,18,19,20,21,23,24,25,26);/q;+4/p-4. The molecule has 27 heavy (non-hydrogen) atoms. The quantitative estimate of drug-likeness (QED) is 0.589. The van der Waals surface area contributed by atoms with Crippen molar-refractivity contribution in [3.05, 3.63) is 45.5 Å². The third-order valence-electron chi connectivity index (χ3n) is 3.70. The average molecular weight is 413 g/mol. The van der Waals surface area contributed by atoms with Crippen molar-refractivity contribution in [1.82, 2.24) is 4.90 Å². The molecule has 1 aromatic carbocycles. The molecule has 0 spiro atoms. The van der Waals surface area contributed by atoms with E-state index >= 15 is 0 Å². The number of carbonyl (C=O) groups is 4. The Labute approximate surface area is 168 Å². The van der Waals surface area contributed by atoms with E-state index in [-0.39, 0.29) is 28.4 Å². The van der Waals surface area contributed by atoms with Crippen LogP contribution in [0.4, 0.5) is 21.0 Å². The Morgan fingerprint density at radius 3 is 1.41 bits per heavy atom. The molecule has 144 valence electrons. The molecule has 1 aromatic rings. The van der Waals surface area contributed by atoms with Gasteiger partial charge in [-0.2, -0.15) is 0 Å². The van der Waals surface area contributed by atoms with Crippen molar-refractivity contribution in [1.29, 1.82) is 0 Å². The molecule has 1 heterocycles. The van der Waals surface area contributed by atoms with Crippen LogP contribution in [0.1, 0.15) is 27.7 Å². The largest absolute Gasteiger partial charge is 4.00 e. The van der Waals surface area contributed by atoms with Gasteiger partial charge in [0.25, 0.3) is 0 Å². The van der Waals surface area contributed by atoms with Gasteiger partial charge < -0.3 is 35.8 Å². The van der Waals surface area contributed by atoms with Gasteiger partial charge in [-0.15, -0.1) is 11.4 Å². The zero-order valence-corrected chi connectivity index (χ0v) is 16.6. The van der Waals surface area contributed by atoms with Gasteiger partial charge in [0, 0.05) is 11.1 Å². The van der Waals surface area contributed by atoms with E-state index < -0.39 is 35.0 Å². The van der Waals surface area contributed by atoms with Gasteiger partial charge in [0.05, 0.1) is 11.8 Å². The van der Waals surface area contributed by atoms with Crippen LogP contribution in [0.2, 0.25) is 0 Å². The number of amides is 6. The summed E-state index contributed by atoms with van der Waals surface area (Å²) < 4.78 is 0. The van der Waals surface area contributed by atoms with Crippen LogP contribution in [-0.2, 0) is 26.7 Å². The molecule has 1 aliphatic heterocycles. The first-order valence-corrected chi connectivity index (χ1v) is 7.83. The summed E-state index contributed by atoms with van der Waals surface area (Å²) in [6.07, 6.45) is 0. The number of imide groups is 1. The molecule has 0 radical (unpaired) electrons. The number of hydrogen-bond donors (Lipinski definition) is 0. The maximum atomic E-state index is 12.5. The zero-order valence-electron chi connectivity index (χ0n) is 15.5. The van der Waals surface area contributed by atoms with E-state index in [1.54, 1.807) is 12.1 Å². The summed E-state index contributed by atoms with van der Waals surface area (Å²) in [7, 11) is 1.17. The Morgan fingerprint density at radius 2 is 1.07 bits per heavy atom. The Balaban J connectivity index is 0.00000364. The summed E-state index contributed by atoms with van der Waals surface area (Å²) in [5, 5.41) is 15.5. The van der Waals surface area contributed by atoms with Gasteiger partial charge in [0.15, 0.2) is 12.1 Å². The summed E-state index contributed by atoms with van der Waals surface area (Å²) in [4.78, 5) is 50.0. The summed E-state index contributed by atoms with van der Waals surface area (Å²) >= 11 is 0. The molecule has 0 aliphatic carbocycles. The van der Waals surface area contributed by atoms with E-state index in [2.05, 4.69) is 21.3 Å². The fourth-order valence-corrected chi connectivity index (χ4v) is 1.95. The maximum absolute atomic E-state index is 12.5. The molecule has 2 rings (SSSR count). The molecule has 1 aliphatic rings. The fourth-order valence-electron chi connectivity index (χ4n) is 1.95. The number of hydrogen-bond acceptors (Lipinski definition) is 4. The van der Waals surface area contributed by atoms with Crippen LogP contribution >= 0.6 is 0 Å². The van der Waals surface area contributed by atoms with E-state index in [0.717, 1.165) is 0 Å². The van der Waals surface area contributed by atoms with Crippen LogP contribution in [0.5, 0.6) is 0 Å². The van der Waals surface area contributed by atoms with Crippen molar-refractivity contribution in [2.75, 3.05) is 7.05 Å². The first-order valence-electron chi connectivity index (χ1n) is 7.83. The monoisotopic (exact) mass is 413 g/mol. The molecular weight excluding hydrogens is 394 g/mol. The van der Waals surface area contributed by atoms with Gasteiger partial charge >= 0.3 is 17.1 Å². The number of nitrogens with zero attached hydrogens (tertiary/aromatic N) is 5. The van der Waals surface area contributed by atoms with Crippen molar-refractivity contribution in [2.24, 2.45) is 0 Å². The second-order valence-corrected chi connectivity index (χ2v) is 6.79. The minimum absolute atomic E-state index is 0. The number of carbonyl (C=O) groups excluding carboxylic acids is 4. The van der Waals surface area contributed by atoms with Crippen LogP contribution in [0.25, 0.3) is 21.3 Å². The topological polar surface area (TPSA) is 128 Å². The number of fused-ring (bicyclic) bond motifs is 1. The van der Waals surface area contributed by atoms with Gasteiger partial charge in [-0.3, -0.25) is 9.59 Å². The Morgan fingerprint density at radius 1 is 0.741 bits per heavy atom. The number of para-hydroxylation sites is 2. The van der Waals surface area contributed by atoms with Crippen LogP contribution in [0.3, 0.4) is 0 Å². The van der Waals surface area contributed by atoms with E-state index in [0.29, 0.717) is 4.90 Å². The number of rotatable bonds is 0. The molecule has 0 N–H and O–H groups in total. The predicted molar refractivity (Wildman–Crippen MR) is 95.9 cm³/mol. The van der Waals surface area contributed by atoms with Gasteiger partial charge in [0.1, 0.15) is 0 Å². The Bertz CT molecular complexity index is 715. The first-order chi connectivity index (χ1) is 11.9. The molecule has 0 unspecified atom stereocenters. The minimum Gasteiger partial charge on any atom is -0.627 e. The SMILES string of the molecule is CN1C(=O)[N-]C(C)(C)C(=O)[N-]c2ccccc2[N-]C(=O)C(C)(C)[N-]C1=O.[Fe+4]. The van der Waals surface area contributed by atoms with Crippen molar-refractivity contribution >= 4 is 35.3 Å². The number of benzene rings is 1. The normalized spacial score (nSPS) is 19.5.